The molecule has 0 radical (unpaired) electrons. The number of aromatic nitrogens is 2. The topological polar surface area (TPSA) is 157 Å². The summed E-state index contributed by atoms with van der Waals surface area (Å²) < 4.78 is 60.2. The molecule has 16 heteroatoms. The second-order valence-corrected chi connectivity index (χ2v) is 8.23. The molecule has 2 aromatic carbocycles. The molecular weight excluding hydrogens is 570 g/mol. The van der Waals surface area contributed by atoms with Crippen molar-refractivity contribution in [1.29, 1.82) is 0 Å². The lowest BCUT2D eigenvalue weighted by molar-refractivity contribution is -0.144. The van der Waals surface area contributed by atoms with E-state index in [2.05, 4.69) is 5.32 Å². The number of nitrogens with one attached hydrogen (secondary N) is 1. The molecule has 3 N–H and O–H groups in total. The molecule has 0 aliphatic heterocycles. The molecule has 0 spiro atoms. The van der Waals surface area contributed by atoms with Crippen LogP contribution in [0.4, 0.5) is 17.6 Å². The highest BCUT2D eigenvalue weighted by Crippen LogP contribution is 2.34. The number of carbonyl (C=O) groups is 3. The molecule has 0 unspecified atom stereocenters. The van der Waals surface area contributed by atoms with Gasteiger partial charge in [-0.3, -0.25) is 19.0 Å². The number of para-hydroxylation sites is 1. The number of benzene rings is 2. The Morgan fingerprint density at radius 2 is 1.73 bits per heavy atom. The number of likely N-dealkylation sites (N-methyl/N-ethyl adjacent to an activating group) is 1. The number of hydrogen-bond acceptors (Lipinski definition) is 7. The van der Waals surface area contributed by atoms with Gasteiger partial charge in [0.1, 0.15) is 29.1 Å². The SMILES string of the molecule is CN[C@@H](Cc1ccccc1Oc1cc(-n2c(=O)cc(C(F)(F)F)n(C)c2=O)c(F)cc1Cl)C(=O)O.O=CC(=O)O. The number of halogens is 5. The zero-order valence-corrected chi connectivity index (χ0v) is 21.3. The molecule has 3 rings (SSSR count). The number of hydrogen-bond donors (Lipinski definition) is 3. The molecule has 1 heterocycles. The molecule has 1 atom stereocenters. The van der Waals surface area contributed by atoms with Gasteiger partial charge in [0, 0.05) is 25.6 Å². The van der Waals surface area contributed by atoms with Crippen molar-refractivity contribution in [1.82, 2.24) is 14.5 Å². The van der Waals surface area contributed by atoms with Crippen LogP contribution in [0.15, 0.2) is 52.1 Å². The van der Waals surface area contributed by atoms with Crippen molar-refractivity contribution in [2.45, 2.75) is 18.6 Å². The van der Waals surface area contributed by atoms with Crippen LogP contribution in [0.3, 0.4) is 0 Å². The van der Waals surface area contributed by atoms with Gasteiger partial charge < -0.3 is 20.3 Å². The highest BCUT2D eigenvalue weighted by Gasteiger charge is 2.35. The fourth-order valence-corrected chi connectivity index (χ4v) is 3.50. The quantitative estimate of drug-likeness (QED) is 0.204. The van der Waals surface area contributed by atoms with Crippen molar-refractivity contribution in [2.24, 2.45) is 7.05 Å². The molecule has 0 aliphatic rings. The van der Waals surface area contributed by atoms with Crippen molar-refractivity contribution in [3.63, 3.8) is 0 Å². The first-order chi connectivity index (χ1) is 18.6. The summed E-state index contributed by atoms with van der Waals surface area (Å²) in [5, 5.41) is 19.0. The molecule has 11 nitrogen and oxygen atoms in total. The summed E-state index contributed by atoms with van der Waals surface area (Å²) in [4.78, 5) is 54.2. The Bertz CT molecular complexity index is 1550. The molecule has 3 aromatic rings. The van der Waals surface area contributed by atoms with Crippen LogP contribution in [0.25, 0.3) is 5.69 Å². The van der Waals surface area contributed by atoms with Crippen LogP contribution >= 0.6 is 11.6 Å². The van der Waals surface area contributed by atoms with E-state index >= 15 is 0 Å². The first kappa shape index (κ1) is 31.7. The van der Waals surface area contributed by atoms with Crippen LogP contribution in [-0.2, 0) is 34.0 Å². The second-order valence-electron chi connectivity index (χ2n) is 7.83. The monoisotopic (exact) mass is 589 g/mol. The summed E-state index contributed by atoms with van der Waals surface area (Å²) >= 11 is 6.08. The maximum Gasteiger partial charge on any atom is 0.431 e. The number of rotatable bonds is 8. The van der Waals surface area contributed by atoms with Gasteiger partial charge in [-0.15, -0.1) is 0 Å². The number of carboxylic acids is 2. The summed E-state index contributed by atoms with van der Waals surface area (Å²) in [7, 11) is 2.26. The van der Waals surface area contributed by atoms with Gasteiger partial charge in [0.2, 0.25) is 6.29 Å². The number of alkyl halides is 3. The second kappa shape index (κ2) is 13.0. The van der Waals surface area contributed by atoms with Crippen LogP contribution in [-0.4, -0.2) is 50.7 Å². The number of carboxylic acid groups (broad SMARTS) is 2. The highest BCUT2D eigenvalue weighted by atomic mass is 35.5. The Balaban J connectivity index is 0.00000103. The average Bonchev–Trinajstić information content (AvgIpc) is 2.87. The van der Waals surface area contributed by atoms with Gasteiger partial charge in [0.05, 0.1) is 10.7 Å². The first-order valence-electron chi connectivity index (χ1n) is 10.9. The lowest BCUT2D eigenvalue weighted by atomic mass is 10.1. The van der Waals surface area contributed by atoms with E-state index in [1.807, 2.05) is 0 Å². The van der Waals surface area contributed by atoms with Gasteiger partial charge in [0.15, 0.2) is 0 Å². The normalized spacial score (nSPS) is 11.7. The molecule has 0 amide bonds. The van der Waals surface area contributed by atoms with Gasteiger partial charge in [-0.1, -0.05) is 29.8 Å². The minimum absolute atomic E-state index is 0.00653. The molecule has 40 heavy (non-hydrogen) atoms. The lowest BCUT2D eigenvalue weighted by Crippen LogP contribution is -2.41. The van der Waals surface area contributed by atoms with Crippen LogP contribution in [0.1, 0.15) is 11.3 Å². The van der Waals surface area contributed by atoms with Gasteiger partial charge in [-0.05, 0) is 24.7 Å². The Morgan fingerprint density at radius 3 is 2.25 bits per heavy atom. The lowest BCUT2D eigenvalue weighted by Gasteiger charge is -2.17. The van der Waals surface area contributed by atoms with E-state index in [-0.39, 0.29) is 44.4 Å². The van der Waals surface area contributed by atoms with Crippen molar-refractivity contribution in [3.05, 3.63) is 85.4 Å². The molecule has 0 aliphatic carbocycles. The fraction of sp³-hybridized carbons (Fsp3) is 0.208. The molecule has 1 aromatic heterocycles. The number of aliphatic carboxylic acids is 2. The largest absolute Gasteiger partial charge is 0.480 e. The van der Waals surface area contributed by atoms with Gasteiger partial charge >= 0.3 is 23.8 Å². The van der Waals surface area contributed by atoms with E-state index in [1.165, 1.54) is 13.1 Å². The maximum absolute atomic E-state index is 14.7. The Morgan fingerprint density at radius 1 is 1.12 bits per heavy atom. The molecular formula is C24H20ClF4N3O8. The Hall–Kier alpha value is -4.50. The van der Waals surface area contributed by atoms with Crippen LogP contribution in [0.5, 0.6) is 11.5 Å². The Kier molecular flexibility index (Phi) is 10.3. The van der Waals surface area contributed by atoms with Gasteiger partial charge in [-0.25, -0.2) is 18.5 Å². The summed E-state index contributed by atoms with van der Waals surface area (Å²) in [6.07, 6.45) is -5.14. The van der Waals surface area contributed by atoms with Gasteiger partial charge in [-0.2, -0.15) is 13.2 Å². The van der Waals surface area contributed by atoms with Crippen molar-refractivity contribution in [3.8, 4) is 17.2 Å². The minimum Gasteiger partial charge on any atom is -0.480 e. The predicted molar refractivity (Wildman–Crippen MR) is 132 cm³/mol. The highest BCUT2D eigenvalue weighted by molar-refractivity contribution is 6.32. The number of nitrogens with zero attached hydrogens (tertiary/aromatic N) is 2. The zero-order chi connectivity index (χ0) is 30.4. The van der Waals surface area contributed by atoms with Crippen LogP contribution < -0.4 is 21.3 Å². The third-order valence-electron chi connectivity index (χ3n) is 5.22. The Labute approximate surface area is 226 Å². The third-order valence-corrected chi connectivity index (χ3v) is 5.51. The van der Waals surface area contributed by atoms with E-state index in [0.717, 1.165) is 19.2 Å². The number of carbonyl (C=O) groups excluding carboxylic acids is 1. The summed E-state index contributed by atoms with van der Waals surface area (Å²) in [6, 6.07) is 7.18. The van der Waals surface area contributed by atoms with E-state index in [9.17, 15) is 37.1 Å². The van der Waals surface area contributed by atoms with E-state index in [0.29, 0.717) is 5.56 Å². The summed E-state index contributed by atoms with van der Waals surface area (Å²) in [6.45, 7) is 0. The van der Waals surface area contributed by atoms with Crippen LogP contribution in [0.2, 0.25) is 5.02 Å². The summed E-state index contributed by atoms with van der Waals surface area (Å²) in [5.74, 6) is -3.76. The van der Waals surface area contributed by atoms with Gasteiger partial charge in [0.25, 0.3) is 5.56 Å². The van der Waals surface area contributed by atoms with E-state index in [4.69, 9.17) is 31.0 Å². The molecule has 0 bridgehead atoms. The van der Waals surface area contributed by atoms with Crippen LogP contribution in [0, 0.1) is 5.82 Å². The first-order valence-corrected chi connectivity index (χ1v) is 11.2. The maximum atomic E-state index is 14.7. The fourth-order valence-electron chi connectivity index (χ4n) is 3.31. The molecule has 0 fully saturated rings. The standard InChI is InChI=1S/C22H18ClF4N3O5.C2H2O3/c1-28-14(20(32)33)7-11-5-3-4-6-16(11)35-17-9-15(13(24)8-12(17)23)30-19(31)10-18(22(25,26)27)29(2)21(30)34;3-1-2(4)5/h3-6,8-10,14,28H,7H2,1-2H3,(H,32,33);1H,(H,4,5)/t14-;/m0./s1. The minimum atomic E-state index is -4.98. The van der Waals surface area contributed by atoms with E-state index < -0.39 is 52.6 Å². The zero-order valence-electron chi connectivity index (χ0n) is 20.5. The molecule has 214 valence electrons. The van der Waals surface area contributed by atoms with Crippen molar-refractivity contribution in [2.75, 3.05) is 7.05 Å². The van der Waals surface area contributed by atoms with E-state index in [1.54, 1.807) is 18.2 Å². The third kappa shape index (κ3) is 7.54. The van der Waals surface area contributed by atoms with Crippen molar-refractivity contribution < 1.29 is 46.9 Å². The summed E-state index contributed by atoms with van der Waals surface area (Å²) in [5.41, 5.74) is -4.58. The molecule has 0 saturated carbocycles. The molecule has 0 saturated heterocycles. The predicted octanol–water partition coefficient (Wildman–Crippen LogP) is 2.62. The smallest absolute Gasteiger partial charge is 0.431 e. The van der Waals surface area contributed by atoms with Crippen molar-refractivity contribution >= 4 is 29.8 Å². The number of aldehydes is 1. The average molecular weight is 590 g/mol. The number of ether oxygens (including phenoxy) is 1.